The third-order valence-electron chi connectivity index (χ3n) is 6.57. The Bertz CT molecular complexity index is 680. The second kappa shape index (κ2) is 20.1. The minimum atomic E-state index is -1.05. The first-order chi connectivity index (χ1) is 18.2. The van der Waals surface area contributed by atoms with Crippen LogP contribution in [0.25, 0.3) is 0 Å². The normalized spacial score (nSPS) is 18.6. The lowest BCUT2D eigenvalue weighted by molar-refractivity contribution is -0.214. The number of nitrogens with one attached hydrogen (secondary N) is 2. The summed E-state index contributed by atoms with van der Waals surface area (Å²) in [4.78, 5) is 37.5. The number of amides is 3. The molecule has 0 aromatic rings. The van der Waals surface area contributed by atoms with Crippen molar-refractivity contribution in [1.82, 2.24) is 15.5 Å². The molecule has 0 aromatic carbocycles. The Labute approximate surface area is 226 Å². The molecule has 1 fully saturated rings. The number of rotatable bonds is 21. The van der Waals surface area contributed by atoms with E-state index in [4.69, 9.17) is 9.47 Å². The Morgan fingerprint density at radius 1 is 1.00 bits per heavy atom. The lowest BCUT2D eigenvalue weighted by Crippen LogP contribution is -2.50. The molecule has 1 rings (SSSR count). The van der Waals surface area contributed by atoms with Crippen molar-refractivity contribution in [3.8, 4) is 0 Å². The van der Waals surface area contributed by atoms with Gasteiger partial charge in [-0.3, -0.25) is 14.4 Å². The number of aliphatic hydroxyl groups excluding tert-OH is 4. The van der Waals surface area contributed by atoms with Gasteiger partial charge in [-0.15, -0.1) is 0 Å². The number of unbranched alkanes of at least 4 members (excludes halogenated alkanes) is 4. The highest BCUT2D eigenvalue weighted by Crippen LogP contribution is 2.18. The minimum absolute atomic E-state index is 0.0253. The number of hydrogen-bond donors (Lipinski definition) is 6. The van der Waals surface area contributed by atoms with E-state index >= 15 is 0 Å². The number of carbonyl (C=O) groups excluding carboxylic acids is 3. The molecule has 1 saturated heterocycles. The van der Waals surface area contributed by atoms with Crippen LogP contribution >= 0.6 is 0 Å². The van der Waals surface area contributed by atoms with E-state index in [2.05, 4.69) is 10.6 Å². The molecule has 1 heterocycles. The van der Waals surface area contributed by atoms with Gasteiger partial charge in [-0.25, -0.2) is 0 Å². The quantitative estimate of drug-likeness (QED) is 0.0839. The van der Waals surface area contributed by atoms with Crippen LogP contribution in [0.3, 0.4) is 0 Å². The summed E-state index contributed by atoms with van der Waals surface area (Å²) in [6.45, 7) is 3.43. The number of nitrogens with zero attached hydrogens (tertiary/aromatic N) is 1. The first kappa shape index (κ1) is 34.2. The van der Waals surface area contributed by atoms with Gasteiger partial charge in [0.25, 0.3) is 0 Å². The van der Waals surface area contributed by atoms with Crippen LogP contribution in [0.5, 0.6) is 0 Å². The average Bonchev–Trinajstić information content (AvgIpc) is 3.37. The smallest absolute Gasteiger partial charge is 0.222 e. The molecule has 1 aliphatic rings. The Balaban J connectivity index is 2.18. The van der Waals surface area contributed by atoms with E-state index in [1.54, 1.807) is 4.90 Å². The summed E-state index contributed by atoms with van der Waals surface area (Å²) in [7, 11) is 0. The van der Waals surface area contributed by atoms with Gasteiger partial charge in [0.05, 0.1) is 32.0 Å². The molecule has 0 saturated carbocycles. The molecule has 12 heteroatoms. The molecule has 6 N–H and O–H groups in total. The Hall–Kier alpha value is -1.83. The van der Waals surface area contributed by atoms with E-state index in [1.807, 2.05) is 0 Å². The minimum Gasteiger partial charge on any atom is -0.394 e. The maximum Gasteiger partial charge on any atom is 0.222 e. The molecule has 0 aromatic heterocycles. The van der Waals surface area contributed by atoms with Crippen LogP contribution in [0, 0.1) is 0 Å². The van der Waals surface area contributed by atoms with Crippen LogP contribution in [0.2, 0.25) is 0 Å². The third kappa shape index (κ3) is 13.8. The molecule has 4 unspecified atom stereocenters. The van der Waals surface area contributed by atoms with Crippen molar-refractivity contribution in [3.05, 3.63) is 0 Å². The molecule has 3 amide bonds. The monoisotopic (exact) mass is 547 g/mol. The number of carbonyl (C=O) groups is 3. The van der Waals surface area contributed by atoms with Gasteiger partial charge < -0.3 is 45.4 Å². The van der Waals surface area contributed by atoms with Crippen molar-refractivity contribution >= 4 is 17.7 Å². The van der Waals surface area contributed by atoms with E-state index in [1.165, 1.54) is 13.8 Å². The van der Waals surface area contributed by atoms with Crippen LogP contribution in [0.15, 0.2) is 0 Å². The van der Waals surface area contributed by atoms with Gasteiger partial charge in [0.2, 0.25) is 17.7 Å². The first-order valence-electron chi connectivity index (χ1n) is 13.8. The van der Waals surface area contributed by atoms with Gasteiger partial charge in [0.1, 0.15) is 12.1 Å². The van der Waals surface area contributed by atoms with Crippen molar-refractivity contribution in [2.24, 2.45) is 0 Å². The Kier molecular flexibility index (Phi) is 18.1. The molecule has 38 heavy (non-hydrogen) atoms. The summed E-state index contributed by atoms with van der Waals surface area (Å²) in [5.41, 5.74) is 0. The fourth-order valence-corrected chi connectivity index (χ4v) is 4.35. The van der Waals surface area contributed by atoms with Gasteiger partial charge in [-0.1, -0.05) is 12.8 Å². The zero-order valence-corrected chi connectivity index (χ0v) is 23.0. The van der Waals surface area contributed by atoms with Crippen LogP contribution in [0.4, 0.5) is 0 Å². The highest BCUT2D eigenvalue weighted by molar-refractivity contribution is 5.77. The summed E-state index contributed by atoms with van der Waals surface area (Å²) < 4.78 is 11.3. The second-order valence-corrected chi connectivity index (χ2v) is 9.86. The highest BCUT2D eigenvalue weighted by Gasteiger charge is 2.29. The van der Waals surface area contributed by atoms with E-state index in [0.29, 0.717) is 32.2 Å². The standard InChI is InChI=1S/C26H49N3O9/c1-19(33)23(18-32)38-26(22(17-31)28-20(2)34)37-15-8-4-5-11-24(35)27-13-7-3-6-12-25(36)29-14-9-10-21(29)16-30/h19,21-23,26,30-33H,3-18H2,1-2H3,(H,27,35)(H,28,34)/t19?,21?,22-,23?,26?/m0/s1. The molecule has 12 nitrogen and oxygen atoms in total. The van der Waals surface area contributed by atoms with Crippen LogP contribution in [-0.4, -0.2) is 113 Å². The zero-order valence-electron chi connectivity index (χ0n) is 23.0. The van der Waals surface area contributed by atoms with E-state index in [9.17, 15) is 34.8 Å². The zero-order chi connectivity index (χ0) is 28.3. The maximum absolute atomic E-state index is 12.2. The molecule has 0 bridgehead atoms. The maximum atomic E-state index is 12.2. The van der Waals surface area contributed by atoms with Gasteiger partial charge in [0, 0.05) is 39.5 Å². The molecule has 5 atom stereocenters. The largest absolute Gasteiger partial charge is 0.394 e. The summed E-state index contributed by atoms with van der Waals surface area (Å²) in [6.07, 6.45) is 4.14. The van der Waals surface area contributed by atoms with Crippen LogP contribution in [-0.2, 0) is 23.9 Å². The van der Waals surface area contributed by atoms with Gasteiger partial charge in [-0.05, 0) is 45.4 Å². The number of ether oxygens (including phenoxy) is 2. The third-order valence-corrected chi connectivity index (χ3v) is 6.57. The average molecular weight is 548 g/mol. The summed E-state index contributed by atoms with van der Waals surface area (Å²) in [5, 5.41) is 43.5. The summed E-state index contributed by atoms with van der Waals surface area (Å²) >= 11 is 0. The van der Waals surface area contributed by atoms with Crippen molar-refractivity contribution in [2.75, 3.05) is 39.5 Å². The Morgan fingerprint density at radius 2 is 1.71 bits per heavy atom. The molecule has 222 valence electrons. The lowest BCUT2D eigenvalue weighted by atomic mass is 10.1. The number of likely N-dealkylation sites (tertiary alicyclic amines) is 1. The van der Waals surface area contributed by atoms with Gasteiger partial charge in [-0.2, -0.15) is 0 Å². The van der Waals surface area contributed by atoms with E-state index < -0.39 is 37.8 Å². The van der Waals surface area contributed by atoms with Crippen LogP contribution in [0.1, 0.15) is 78.1 Å². The van der Waals surface area contributed by atoms with Gasteiger partial charge in [0.15, 0.2) is 6.29 Å². The van der Waals surface area contributed by atoms with Crippen molar-refractivity contribution in [1.29, 1.82) is 0 Å². The topological polar surface area (TPSA) is 178 Å². The molecular weight excluding hydrogens is 498 g/mol. The van der Waals surface area contributed by atoms with Crippen molar-refractivity contribution in [3.63, 3.8) is 0 Å². The fourth-order valence-electron chi connectivity index (χ4n) is 4.35. The van der Waals surface area contributed by atoms with E-state index in [0.717, 1.165) is 45.1 Å². The van der Waals surface area contributed by atoms with E-state index in [-0.39, 0.29) is 37.0 Å². The Morgan fingerprint density at radius 3 is 2.34 bits per heavy atom. The fraction of sp³-hybridized carbons (Fsp3) is 0.885. The predicted molar refractivity (Wildman–Crippen MR) is 140 cm³/mol. The predicted octanol–water partition coefficient (Wildman–Crippen LogP) is -0.195. The molecule has 0 spiro atoms. The highest BCUT2D eigenvalue weighted by atomic mass is 16.7. The SMILES string of the molecule is CC(=O)N[C@@H](CO)C(OCCCCCC(=O)NCCCCCC(=O)N1CCCC1CO)OC(CO)C(C)O. The van der Waals surface area contributed by atoms with Crippen molar-refractivity contribution in [2.45, 2.75) is 109 Å². The summed E-state index contributed by atoms with van der Waals surface area (Å²) in [6, 6.07) is -0.889. The number of aliphatic hydroxyl groups is 4. The van der Waals surface area contributed by atoms with Gasteiger partial charge >= 0.3 is 0 Å². The second-order valence-electron chi connectivity index (χ2n) is 9.86. The molecule has 0 radical (unpaired) electrons. The summed E-state index contributed by atoms with van der Waals surface area (Å²) in [5.74, 6) is -0.304. The molecule has 1 aliphatic heterocycles. The lowest BCUT2D eigenvalue weighted by Gasteiger charge is -2.30. The first-order valence-corrected chi connectivity index (χ1v) is 13.8. The van der Waals surface area contributed by atoms with Crippen molar-refractivity contribution < 1.29 is 44.3 Å². The number of hydrogen-bond acceptors (Lipinski definition) is 9. The van der Waals surface area contributed by atoms with Crippen LogP contribution < -0.4 is 10.6 Å². The molecular formula is C26H49N3O9. The molecule has 0 aliphatic carbocycles.